The van der Waals surface area contributed by atoms with Crippen LogP contribution in [0.25, 0.3) is 0 Å². The molecule has 2 N–H and O–H groups in total. The van der Waals surface area contributed by atoms with Crippen molar-refractivity contribution in [2.75, 3.05) is 13.7 Å². The van der Waals surface area contributed by atoms with Gasteiger partial charge in [-0.15, -0.1) is 0 Å². The van der Waals surface area contributed by atoms with Gasteiger partial charge in [-0.1, -0.05) is 19.3 Å². The quantitative estimate of drug-likeness (QED) is 0.885. The third-order valence-electron chi connectivity index (χ3n) is 4.96. The standard InChI is InChI=1S/C18H23NO5/c1-23-15-8-12(7-13(9-15)17(21)22)16(20)19-14-10-18(24-11-14)5-3-2-4-6-18/h7-9,14H,2-6,10-11H2,1H3,(H,19,20)(H,21,22)/t14-/m1/s1. The Balaban J connectivity index is 1.69. The van der Waals surface area contributed by atoms with Crippen LogP contribution in [0.3, 0.4) is 0 Å². The van der Waals surface area contributed by atoms with E-state index in [1.807, 2.05) is 0 Å². The number of benzene rings is 1. The molecule has 1 aromatic carbocycles. The number of hydrogen-bond donors (Lipinski definition) is 2. The Bertz CT molecular complexity index is 636. The number of carbonyl (C=O) groups excluding carboxylic acids is 1. The van der Waals surface area contributed by atoms with E-state index in [0.717, 1.165) is 19.3 Å². The lowest BCUT2D eigenvalue weighted by atomic mass is 9.82. The number of aromatic carboxylic acids is 1. The summed E-state index contributed by atoms with van der Waals surface area (Å²) in [5.74, 6) is -1.03. The Morgan fingerprint density at radius 3 is 2.58 bits per heavy atom. The lowest BCUT2D eigenvalue weighted by Gasteiger charge is -2.32. The number of carboxylic acids is 1. The SMILES string of the molecule is COc1cc(C(=O)O)cc(C(=O)N[C@H]2COC3(CCCCC3)C2)c1. The predicted molar refractivity (Wildman–Crippen MR) is 87.6 cm³/mol. The van der Waals surface area contributed by atoms with Crippen LogP contribution in [0, 0.1) is 0 Å². The van der Waals surface area contributed by atoms with E-state index >= 15 is 0 Å². The van der Waals surface area contributed by atoms with Gasteiger partial charge in [-0.3, -0.25) is 4.79 Å². The Morgan fingerprint density at radius 2 is 1.92 bits per heavy atom. The summed E-state index contributed by atoms with van der Waals surface area (Å²) in [6, 6.07) is 4.28. The normalized spacial score (nSPS) is 22.3. The minimum atomic E-state index is -1.09. The smallest absolute Gasteiger partial charge is 0.335 e. The van der Waals surface area contributed by atoms with E-state index in [4.69, 9.17) is 14.6 Å². The van der Waals surface area contributed by atoms with Gasteiger partial charge in [0.2, 0.25) is 0 Å². The highest BCUT2D eigenvalue weighted by Crippen LogP contribution is 2.39. The van der Waals surface area contributed by atoms with Gasteiger partial charge in [-0.25, -0.2) is 4.79 Å². The predicted octanol–water partition coefficient (Wildman–Crippen LogP) is 2.62. The molecule has 0 unspecified atom stereocenters. The van der Waals surface area contributed by atoms with E-state index in [1.54, 1.807) is 6.07 Å². The summed E-state index contributed by atoms with van der Waals surface area (Å²) < 4.78 is 11.1. The number of hydrogen-bond acceptors (Lipinski definition) is 4. The molecule has 0 bridgehead atoms. The van der Waals surface area contributed by atoms with Crippen molar-refractivity contribution in [3.8, 4) is 5.75 Å². The van der Waals surface area contributed by atoms with E-state index < -0.39 is 5.97 Å². The zero-order valence-electron chi connectivity index (χ0n) is 13.8. The second-order valence-corrected chi connectivity index (χ2v) is 6.68. The van der Waals surface area contributed by atoms with Crippen LogP contribution in [0.4, 0.5) is 0 Å². The molecule has 3 rings (SSSR count). The van der Waals surface area contributed by atoms with Crippen molar-refractivity contribution in [2.24, 2.45) is 0 Å². The molecule has 1 saturated heterocycles. The van der Waals surface area contributed by atoms with Crippen LogP contribution in [0.2, 0.25) is 0 Å². The van der Waals surface area contributed by atoms with Gasteiger partial charge in [-0.2, -0.15) is 0 Å². The molecule has 2 fully saturated rings. The van der Waals surface area contributed by atoms with Crippen molar-refractivity contribution in [3.05, 3.63) is 29.3 Å². The van der Waals surface area contributed by atoms with Gasteiger partial charge in [0.05, 0.1) is 30.9 Å². The average Bonchev–Trinajstić information content (AvgIpc) is 2.96. The third-order valence-corrected chi connectivity index (χ3v) is 4.96. The number of carboxylic acid groups (broad SMARTS) is 1. The van der Waals surface area contributed by atoms with Crippen molar-refractivity contribution in [2.45, 2.75) is 50.2 Å². The Hall–Kier alpha value is -2.08. The molecular formula is C18H23NO5. The van der Waals surface area contributed by atoms with Crippen molar-refractivity contribution >= 4 is 11.9 Å². The second-order valence-electron chi connectivity index (χ2n) is 6.68. The van der Waals surface area contributed by atoms with Crippen LogP contribution in [0.5, 0.6) is 5.75 Å². The molecule has 1 saturated carbocycles. The highest BCUT2D eigenvalue weighted by molar-refractivity contribution is 5.98. The molecule has 1 heterocycles. The van der Waals surface area contributed by atoms with Crippen LogP contribution in [0.1, 0.15) is 59.2 Å². The van der Waals surface area contributed by atoms with Gasteiger partial charge in [-0.05, 0) is 37.5 Å². The number of carbonyl (C=O) groups is 2. The van der Waals surface area contributed by atoms with Crippen LogP contribution in [-0.2, 0) is 4.74 Å². The van der Waals surface area contributed by atoms with Crippen molar-refractivity contribution in [1.82, 2.24) is 5.32 Å². The molecule has 6 heteroatoms. The Morgan fingerprint density at radius 1 is 1.21 bits per heavy atom. The number of nitrogens with one attached hydrogen (secondary N) is 1. The van der Waals surface area contributed by atoms with Crippen LogP contribution in [0.15, 0.2) is 18.2 Å². The zero-order valence-corrected chi connectivity index (χ0v) is 13.8. The highest BCUT2D eigenvalue weighted by atomic mass is 16.5. The summed E-state index contributed by atoms with van der Waals surface area (Å²) in [5, 5.41) is 12.1. The first-order valence-electron chi connectivity index (χ1n) is 8.38. The Kier molecular flexibility index (Phi) is 4.76. The molecular weight excluding hydrogens is 310 g/mol. The molecule has 130 valence electrons. The molecule has 0 aromatic heterocycles. The Labute approximate surface area is 141 Å². The number of ether oxygens (including phenoxy) is 2. The molecule has 1 aliphatic carbocycles. The largest absolute Gasteiger partial charge is 0.497 e. The van der Waals surface area contributed by atoms with Gasteiger partial charge in [0.25, 0.3) is 5.91 Å². The minimum absolute atomic E-state index is 0.0323. The maximum Gasteiger partial charge on any atom is 0.335 e. The van der Waals surface area contributed by atoms with Gasteiger partial charge in [0, 0.05) is 5.56 Å². The third kappa shape index (κ3) is 3.53. The molecule has 1 spiro atoms. The molecule has 1 aliphatic heterocycles. The van der Waals surface area contributed by atoms with E-state index in [-0.39, 0.29) is 28.7 Å². The fourth-order valence-electron chi connectivity index (χ4n) is 3.72. The van der Waals surface area contributed by atoms with Crippen molar-refractivity contribution in [3.63, 3.8) is 0 Å². The van der Waals surface area contributed by atoms with E-state index in [2.05, 4.69) is 5.32 Å². The summed E-state index contributed by atoms with van der Waals surface area (Å²) in [6.45, 7) is 0.515. The molecule has 1 atom stereocenters. The lowest BCUT2D eigenvalue weighted by Crippen LogP contribution is -2.37. The first-order chi connectivity index (χ1) is 11.5. The summed E-state index contributed by atoms with van der Waals surface area (Å²) in [7, 11) is 1.44. The van der Waals surface area contributed by atoms with E-state index in [9.17, 15) is 9.59 Å². The average molecular weight is 333 g/mol. The number of amides is 1. The molecule has 0 radical (unpaired) electrons. The highest BCUT2D eigenvalue weighted by Gasteiger charge is 2.41. The van der Waals surface area contributed by atoms with Gasteiger partial charge in [0.15, 0.2) is 0 Å². The lowest BCUT2D eigenvalue weighted by molar-refractivity contribution is -0.0246. The molecule has 6 nitrogen and oxygen atoms in total. The van der Waals surface area contributed by atoms with Gasteiger partial charge < -0.3 is 19.9 Å². The maximum atomic E-state index is 12.5. The van der Waals surface area contributed by atoms with Gasteiger partial charge >= 0.3 is 5.97 Å². The summed E-state index contributed by atoms with van der Waals surface area (Å²) in [5.41, 5.74) is 0.249. The minimum Gasteiger partial charge on any atom is -0.497 e. The van der Waals surface area contributed by atoms with Crippen LogP contribution < -0.4 is 10.1 Å². The topological polar surface area (TPSA) is 84.9 Å². The zero-order chi connectivity index (χ0) is 17.2. The number of methoxy groups -OCH3 is 1. The summed E-state index contributed by atoms with van der Waals surface area (Å²) >= 11 is 0. The first-order valence-corrected chi connectivity index (χ1v) is 8.38. The molecule has 1 aromatic rings. The van der Waals surface area contributed by atoms with E-state index in [0.29, 0.717) is 12.4 Å². The second kappa shape index (κ2) is 6.81. The first kappa shape index (κ1) is 16.8. The van der Waals surface area contributed by atoms with E-state index in [1.165, 1.54) is 38.5 Å². The summed E-state index contributed by atoms with van der Waals surface area (Å²) in [6.07, 6.45) is 6.55. The summed E-state index contributed by atoms with van der Waals surface area (Å²) in [4.78, 5) is 23.7. The van der Waals surface area contributed by atoms with Crippen molar-refractivity contribution in [1.29, 1.82) is 0 Å². The molecule has 2 aliphatic rings. The van der Waals surface area contributed by atoms with Crippen LogP contribution in [-0.4, -0.2) is 42.3 Å². The monoisotopic (exact) mass is 333 g/mol. The van der Waals surface area contributed by atoms with Gasteiger partial charge in [0.1, 0.15) is 5.75 Å². The molecule has 24 heavy (non-hydrogen) atoms. The van der Waals surface area contributed by atoms with Crippen molar-refractivity contribution < 1.29 is 24.2 Å². The number of rotatable bonds is 4. The fourth-order valence-corrected chi connectivity index (χ4v) is 3.72. The fraction of sp³-hybridized carbons (Fsp3) is 0.556. The van der Waals surface area contributed by atoms with Crippen LogP contribution >= 0.6 is 0 Å². The molecule has 1 amide bonds. The maximum absolute atomic E-state index is 12.5.